The van der Waals surface area contributed by atoms with Gasteiger partial charge >= 0.3 is 0 Å². The van der Waals surface area contributed by atoms with Crippen molar-refractivity contribution in [3.8, 4) is 5.75 Å². The Bertz CT molecular complexity index is 811. The summed E-state index contributed by atoms with van der Waals surface area (Å²) >= 11 is 0. The second kappa shape index (κ2) is 7.00. The molecule has 0 saturated carbocycles. The molecule has 1 aromatic heterocycles. The molecule has 5 nitrogen and oxygen atoms in total. The maximum absolute atomic E-state index is 5.16. The molecular formula is C19H20N4O. The first-order valence-electron chi connectivity index (χ1n) is 7.71. The second-order valence-electron chi connectivity index (χ2n) is 5.64. The average molecular weight is 320 g/mol. The van der Waals surface area contributed by atoms with Crippen LogP contribution in [-0.2, 0) is 0 Å². The van der Waals surface area contributed by atoms with E-state index in [4.69, 9.17) is 4.74 Å². The van der Waals surface area contributed by atoms with Gasteiger partial charge in [-0.1, -0.05) is 6.07 Å². The highest BCUT2D eigenvalue weighted by Crippen LogP contribution is 2.22. The molecule has 0 atom stereocenters. The number of methoxy groups -OCH3 is 1. The number of hydrogen-bond acceptors (Lipinski definition) is 5. The van der Waals surface area contributed by atoms with Crippen molar-refractivity contribution < 1.29 is 4.74 Å². The summed E-state index contributed by atoms with van der Waals surface area (Å²) in [6, 6.07) is 15.9. The highest BCUT2D eigenvalue weighted by molar-refractivity contribution is 5.64. The third kappa shape index (κ3) is 4.01. The number of ether oxygens (including phenoxy) is 1. The highest BCUT2D eigenvalue weighted by Gasteiger charge is 2.02. The summed E-state index contributed by atoms with van der Waals surface area (Å²) in [5.41, 5.74) is 4.37. The lowest BCUT2D eigenvalue weighted by molar-refractivity contribution is 0.415. The van der Waals surface area contributed by atoms with Crippen LogP contribution >= 0.6 is 0 Å². The molecule has 0 fully saturated rings. The fraction of sp³-hybridized carbons (Fsp3) is 0.158. The van der Waals surface area contributed by atoms with E-state index < -0.39 is 0 Å². The normalized spacial score (nSPS) is 10.3. The Morgan fingerprint density at radius 3 is 1.92 bits per heavy atom. The van der Waals surface area contributed by atoms with Crippen LogP contribution in [0.1, 0.15) is 11.1 Å². The summed E-state index contributed by atoms with van der Waals surface area (Å²) < 4.78 is 5.16. The van der Waals surface area contributed by atoms with E-state index in [2.05, 4.69) is 52.6 Å². The third-order valence-corrected chi connectivity index (χ3v) is 3.52. The standard InChI is InChI=1S/C19H20N4O/c1-13-8-14(2)10-16(9-13)23-19-11-18(20-12-21-19)22-15-4-6-17(24-3)7-5-15/h4-12H,1-3H3,(H2,20,21,22,23). The van der Waals surface area contributed by atoms with Crippen molar-refractivity contribution in [3.05, 3.63) is 66.0 Å². The Hall–Kier alpha value is -3.08. The monoisotopic (exact) mass is 320 g/mol. The molecule has 0 saturated heterocycles. The Balaban J connectivity index is 1.75. The zero-order valence-electron chi connectivity index (χ0n) is 14.0. The van der Waals surface area contributed by atoms with Gasteiger partial charge in [-0.3, -0.25) is 0 Å². The molecular weight excluding hydrogens is 300 g/mol. The van der Waals surface area contributed by atoms with Crippen molar-refractivity contribution in [1.29, 1.82) is 0 Å². The van der Waals surface area contributed by atoms with Gasteiger partial charge in [-0.2, -0.15) is 0 Å². The van der Waals surface area contributed by atoms with Gasteiger partial charge < -0.3 is 15.4 Å². The summed E-state index contributed by atoms with van der Waals surface area (Å²) in [6.45, 7) is 4.16. The molecule has 3 aromatic rings. The molecule has 122 valence electrons. The van der Waals surface area contributed by atoms with Gasteiger partial charge in [0.15, 0.2) is 0 Å². The van der Waals surface area contributed by atoms with E-state index in [1.54, 1.807) is 7.11 Å². The largest absolute Gasteiger partial charge is 0.497 e. The number of aryl methyl sites for hydroxylation is 2. The lowest BCUT2D eigenvalue weighted by atomic mass is 10.1. The van der Waals surface area contributed by atoms with Crippen molar-refractivity contribution in [3.63, 3.8) is 0 Å². The van der Waals surface area contributed by atoms with Gasteiger partial charge in [0.2, 0.25) is 0 Å². The summed E-state index contributed by atoms with van der Waals surface area (Å²) in [5, 5.41) is 6.58. The van der Waals surface area contributed by atoms with E-state index in [0.717, 1.165) is 28.8 Å². The van der Waals surface area contributed by atoms with Gasteiger partial charge in [-0.05, 0) is 61.4 Å². The summed E-state index contributed by atoms with van der Waals surface area (Å²) in [5.74, 6) is 2.29. The van der Waals surface area contributed by atoms with E-state index in [-0.39, 0.29) is 0 Å². The van der Waals surface area contributed by atoms with Crippen LogP contribution in [0.25, 0.3) is 0 Å². The van der Waals surface area contributed by atoms with Crippen LogP contribution in [0.15, 0.2) is 54.9 Å². The Labute approximate surface area is 141 Å². The molecule has 5 heteroatoms. The topological polar surface area (TPSA) is 59.1 Å². The predicted molar refractivity (Wildman–Crippen MR) is 97.5 cm³/mol. The average Bonchev–Trinajstić information content (AvgIpc) is 2.55. The Morgan fingerprint density at radius 2 is 1.33 bits per heavy atom. The first-order chi connectivity index (χ1) is 11.6. The molecule has 0 bridgehead atoms. The molecule has 3 rings (SSSR count). The number of anilines is 4. The van der Waals surface area contributed by atoms with Gasteiger partial charge in [-0.15, -0.1) is 0 Å². The maximum atomic E-state index is 5.16. The van der Waals surface area contributed by atoms with Gasteiger partial charge in [0, 0.05) is 17.4 Å². The Morgan fingerprint density at radius 1 is 0.750 bits per heavy atom. The minimum Gasteiger partial charge on any atom is -0.497 e. The fourth-order valence-corrected chi connectivity index (χ4v) is 2.51. The molecule has 1 heterocycles. The van der Waals surface area contributed by atoms with E-state index >= 15 is 0 Å². The van der Waals surface area contributed by atoms with Crippen LogP contribution in [0.3, 0.4) is 0 Å². The van der Waals surface area contributed by atoms with Crippen molar-refractivity contribution >= 4 is 23.0 Å². The minimum atomic E-state index is 0.724. The zero-order valence-corrected chi connectivity index (χ0v) is 14.0. The van der Waals surface area contributed by atoms with Crippen LogP contribution < -0.4 is 15.4 Å². The smallest absolute Gasteiger partial charge is 0.135 e. The first-order valence-corrected chi connectivity index (χ1v) is 7.71. The molecule has 2 N–H and O–H groups in total. The van der Waals surface area contributed by atoms with E-state index in [0.29, 0.717) is 0 Å². The van der Waals surface area contributed by atoms with Crippen molar-refractivity contribution in [2.24, 2.45) is 0 Å². The van der Waals surface area contributed by atoms with Crippen LogP contribution in [0.5, 0.6) is 5.75 Å². The van der Waals surface area contributed by atoms with Crippen molar-refractivity contribution in [2.45, 2.75) is 13.8 Å². The molecule has 0 spiro atoms. The predicted octanol–water partition coefficient (Wildman–Crippen LogP) is 4.59. The first kappa shape index (κ1) is 15.8. The summed E-state index contributed by atoms with van der Waals surface area (Å²) in [7, 11) is 1.65. The molecule has 24 heavy (non-hydrogen) atoms. The summed E-state index contributed by atoms with van der Waals surface area (Å²) in [4.78, 5) is 8.54. The molecule has 0 unspecified atom stereocenters. The second-order valence-corrected chi connectivity index (χ2v) is 5.64. The fourth-order valence-electron chi connectivity index (χ4n) is 2.51. The van der Waals surface area contributed by atoms with E-state index in [9.17, 15) is 0 Å². The number of hydrogen-bond donors (Lipinski definition) is 2. The highest BCUT2D eigenvalue weighted by atomic mass is 16.5. The Kier molecular flexibility index (Phi) is 4.61. The number of aromatic nitrogens is 2. The maximum Gasteiger partial charge on any atom is 0.135 e. The van der Waals surface area contributed by atoms with Gasteiger partial charge in [-0.25, -0.2) is 9.97 Å². The lowest BCUT2D eigenvalue weighted by Gasteiger charge is -2.10. The van der Waals surface area contributed by atoms with Gasteiger partial charge in [0.25, 0.3) is 0 Å². The zero-order chi connectivity index (χ0) is 16.9. The van der Waals surface area contributed by atoms with Crippen LogP contribution in [0, 0.1) is 13.8 Å². The van der Waals surface area contributed by atoms with Gasteiger partial charge in [0.05, 0.1) is 7.11 Å². The number of rotatable bonds is 5. The number of nitrogens with one attached hydrogen (secondary N) is 2. The van der Waals surface area contributed by atoms with Crippen LogP contribution in [0.2, 0.25) is 0 Å². The molecule has 0 aliphatic carbocycles. The minimum absolute atomic E-state index is 0.724. The third-order valence-electron chi connectivity index (χ3n) is 3.52. The number of nitrogens with zero attached hydrogens (tertiary/aromatic N) is 2. The van der Waals surface area contributed by atoms with Crippen molar-refractivity contribution in [1.82, 2.24) is 9.97 Å². The molecule has 0 radical (unpaired) electrons. The lowest BCUT2D eigenvalue weighted by Crippen LogP contribution is -1.99. The number of benzene rings is 2. The summed E-state index contributed by atoms with van der Waals surface area (Å²) in [6.07, 6.45) is 1.54. The van der Waals surface area contributed by atoms with Crippen molar-refractivity contribution in [2.75, 3.05) is 17.7 Å². The molecule has 0 aliphatic heterocycles. The molecule has 2 aromatic carbocycles. The quantitative estimate of drug-likeness (QED) is 0.720. The van der Waals surface area contributed by atoms with E-state index in [1.807, 2.05) is 30.3 Å². The van der Waals surface area contributed by atoms with Crippen LogP contribution in [0.4, 0.5) is 23.0 Å². The SMILES string of the molecule is COc1ccc(Nc2cc(Nc3cc(C)cc(C)c3)ncn2)cc1. The van der Waals surface area contributed by atoms with Gasteiger partial charge in [0.1, 0.15) is 23.7 Å². The van der Waals surface area contributed by atoms with Crippen LogP contribution in [-0.4, -0.2) is 17.1 Å². The molecule has 0 amide bonds. The molecule has 0 aliphatic rings. The van der Waals surface area contributed by atoms with E-state index in [1.165, 1.54) is 17.5 Å².